The molecule has 0 saturated carbocycles. The van der Waals surface area contributed by atoms with Gasteiger partial charge in [-0.05, 0) is 44.4 Å². The summed E-state index contributed by atoms with van der Waals surface area (Å²) in [5.41, 5.74) is 1.66. The van der Waals surface area contributed by atoms with E-state index in [1.165, 1.54) is 19.3 Å². The first-order valence-corrected chi connectivity index (χ1v) is 9.67. The van der Waals surface area contributed by atoms with Gasteiger partial charge in [-0.15, -0.1) is 0 Å². The number of morpholine rings is 1. The highest BCUT2D eigenvalue weighted by atomic mass is 35.5. The molecule has 2 aliphatic rings. The van der Waals surface area contributed by atoms with Gasteiger partial charge < -0.3 is 15.0 Å². The average Bonchev–Trinajstić information content (AvgIpc) is 2.63. The van der Waals surface area contributed by atoms with Crippen LogP contribution in [0.4, 0.5) is 5.69 Å². The molecule has 0 radical (unpaired) electrons. The first-order chi connectivity index (χ1) is 12.1. The molecule has 2 heterocycles. The Morgan fingerprint density at radius 3 is 2.64 bits per heavy atom. The van der Waals surface area contributed by atoms with Crippen LogP contribution in [-0.4, -0.2) is 62.8 Å². The molecule has 0 spiro atoms. The Morgan fingerprint density at radius 2 is 1.92 bits per heavy atom. The molecule has 1 aromatic rings. The Morgan fingerprint density at radius 1 is 1.20 bits per heavy atom. The second-order valence-corrected chi connectivity index (χ2v) is 7.41. The van der Waals surface area contributed by atoms with Crippen molar-refractivity contribution in [3.8, 4) is 0 Å². The molecule has 1 amide bonds. The van der Waals surface area contributed by atoms with E-state index in [0.717, 1.165) is 56.6 Å². The minimum atomic E-state index is -0.0318. The van der Waals surface area contributed by atoms with E-state index in [2.05, 4.69) is 22.0 Å². The minimum absolute atomic E-state index is 0.0318. The number of rotatable bonds is 5. The Kier molecular flexibility index (Phi) is 6.57. The Hall–Kier alpha value is -1.30. The predicted octanol–water partition coefficient (Wildman–Crippen LogP) is 2.78. The number of carbonyl (C=O) groups excluding carboxylic acids is 1. The van der Waals surface area contributed by atoms with Crippen molar-refractivity contribution in [3.05, 3.63) is 28.8 Å². The van der Waals surface area contributed by atoms with Gasteiger partial charge in [-0.3, -0.25) is 9.69 Å². The highest BCUT2D eigenvalue weighted by Crippen LogP contribution is 2.29. The second kappa shape index (κ2) is 8.88. The molecule has 2 fully saturated rings. The van der Waals surface area contributed by atoms with E-state index in [0.29, 0.717) is 5.56 Å². The normalized spacial score (nSPS) is 20.3. The van der Waals surface area contributed by atoms with Gasteiger partial charge in [-0.1, -0.05) is 11.6 Å². The number of benzene rings is 1. The number of carbonyl (C=O) groups is 1. The number of piperidine rings is 1. The zero-order chi connectivity index (χ0) is 17.6. The van der Waals surface area contributed by atoms with E-state index in [-0.39, 0.29) is 11.9 Å². The fraction of sp³-hybridized carbons (Fsp3) is 0.632. The lowest BCUT2D eigenvalue weighted by Gasteiger charge is -2.30. The number of halogens is 1. The highest BCUT2D eigenvalue weighted by Gasteiger charge is 2.19. The zero-order valence-corrected chi connectivity index (χ0v) is 15.7. The first-order valence-electron chi connectivity index (χ1n) is 9.29. The summed E-state index contributed by atoms with van der Waals surface area (Å²) in [6, 6.07) is 5.68. The Bertz CT molecular complexity index is 584. The van der Waals surface area contributed by atoms with Gasteiger partial charge in [0, 0.05) is 44.3 Å². The van der Waals surface area contributed by atoms with Gasteiger partial charge in [0.05, 0.1) is 23.9 Å². The molecule has 0 aromatic heterocycles. The van der Waals surface area contributed by atoms with E-state index in [4.69, 9.17) is 16.3 Å². The van der Waals surface area contributed by atoms with Crippen molar-refractivity contribution in [3.63, 3.8) is 0 Å². The maximum absolute atomic E-state index is 12.6. The van der Waals surface area contributed by atoms with Crippen LogP contribution < -0.4 is 10.2 Å². The minimum Gasteiger partial charge on any atom is -0.379 e. The summed E-state index contributed by atoms with van der Waals surface area (Å²) in [6.07, 6.45) is 3.64. The van der Waals surface area contributed by atoms with Crippen molar-refractivity contribution in [2.75, 3.05) is 50.8 Å². The summed E-state index contributed by atoms with van der Waals surface area (Å²) in [6.45, 7) is 8.33. The van der Waals surface area contributed by atoms with Crippen LogP contribution in [0.5, 0.6) is 0 Å². The summed E-state index contributed by atoms with van der Waals surface area (Å²) in [4.78, 5) is 17.2. The Labute approximate surface area is 155 Å². The third-order valence-electron chi connectivity index (χ3n) is 4.92. The number of ether oxygens (including phenoxy) is 1. The van der Waals surface area contributed by atoms with Crippen molar-refractivity contribution in [1.29, 1.82) is 0 Å². The molecular weight excluding hydrogens is 338 g/mol. The summed E-state index contributed by atoms with van der Waals surface area (Å²) < 4.78 is 5.37. The molecule has 1 N–H and O–H groups in total. The van der Waals surface area contributed by atoms with Crippen LogP contribution in [0.2, 0.25) is 5.02 Å². The summed E-state index contributed by atoms with van der Waals surface area (Å²) >= 11 is 6.38. The Balaban J connectivity index is 1.61. The molecule has 1 atom stereocenters. The van der Waals surface area contributed by atoms with Gasteiger partial charge >= 0.3 is 0 Å². The van der Waals surface area contributed by atoms with Crippen LogP contribution in [0.1, 0.15) is 36.5 Å². The standard InChI is InChI=1S/C19H28ClN3O2/c1-15(14-22-9-11-25-12-10-22)21-19(24)16-5-6-17(20)18(13-16)23-7-3-2-4-8-23/h5-6,13,15H,2-4,7-12,14H2,1H3,(H,21,24)/t15-/m0/s1. The van der Waals surface area contributed by atoms with Crippen LogP contribution in [0, 0.1) is 0 Å². The molecule has 138 valence electrons. The van der Waals surface area contributed by atoms with E-state index >= 15 is 0 Å². The van der Waals surface area contributed by atoms with Gasteiger partial charge in [-0.25, -0.2) is 0 Å². The lowest BCUT2D eigenvalue weighted by Crippen LogP contribution is -2.46. The molecule has 1 aromatic carbocycles. The van der Waals surface area contributed by atoms with Crippen LogP contribution >= 0.6 is 11.6 Å². The number of hydrogen-bond acceptors (Lipinski definition) is 4. The topological polar surface area (TPSA) is 44.8 Å². The fourth-order valence-electron chi connectivity index (χ4n) is 3.55. The zero-order valence-electron chi connectivity index (χ0n) is 15.0. The monoisotopic (exact) mass is 365 g/mol. The molecule has 2 saturated heterocycles. The fourth-order valence-corrected chi connectivity index (χ4v) is 3.79. The third kappa shape index (κ3) is 5.09. The van der Waals surface area contributed by atoms with Crippen molar-refractivity contribution in [2.24, 2.45) is 0 Å². The second-order valence-electron chi connectivity index (χ2n) is 7.00. The lowest BCUT2D eigenvalue weighted by molar-refractivity contribution is 0.0342. The van der Waals surface area contributed by atoms with E-state index in [9.17, 15) is 4.79 Å². The lowest BCUT2D eigenvalue weighted by atomic mass is 10.1. The van der Waals surface area contributed by atoms with Gasteiger partial charge in [0.15, 0.2) is 0 Å². The van der Waals surface area contributed by atoms with Crippen LogP contribution in [0.25, 0.3) is 0 Å². The number of anilines is 1. The van der Waals surface area contributed by atoms with E-state index in [1.54, 1.807) is 0 Å². The summed E-state index contributed by atoms with van der Waals surface area (Å²) in [5, 5.41) is 3.83. The molecule has 5 nitrogen and oxygen atoms in total. The number of nitrogens with zero attached hydrogens (tertiary/aromatic N) is 2. The molecule has 3 rings (SSSR count). The van der Waals surface area contributed by atoms with Crippen LogP contribution in [-0.2, 0) is 4.74 Å². The summed E-state index contributed by atoms with van der Waals surface area (Å²) in [7, 11) is 0. The van der Waals surface area contributed by atoms with Crippen LogP contribution in [0.3, 0.4) is 0 Å². The highest BCUT2D eigenvalue weighted by molar-refractivity contribution is 6.33. The van der Waals surface area contributed by atoms with Crippen molar-refractivity contribution < 1.29 is 9.53 Å². The SMILES string of the molecule is C[C@@H](CN1CCOCC1)NC(=O)c1ccc(Cl)c(N2CCCCC2)c1. The third-order valence-corrected chi connectivity index (χ3v) is 5.24. The number of amides is 1. The average molecular weight is 366 g/mol. The smallest absolute Gasteiger partial charge is 0.251 e. The summed E-state index contributed by atoms with van der Waals surface area (Å²) in [5.74, 6) is -0.0318. The maximum Gasteiger partial charge on any atom is 0.251 e. The van der Waals surface area contributed by atoms with Crippen LogP contribution in [0.15, 0.2) is 18.2 Å². The predicted molar refractivity (Wildman–Crippen MR) is 102 cm³/mol. The van der Waals surface area contributed by atoms with Gasteiger partial charge in [-0.2, -0.15) is 0 Å². The van der Waals surface area contributed by atoms with E-state index in [1.807, 2.05) is 18.2 Å². The molecule has 0 bridgehead atoms. The molecular formula is C19H28ClN3O2. The molecule has 0 aliphatic carbocycles. The molecule has 0 unspecified atom stereocenters. The number of nitrogens with one attached hydrogen (secondary N) is 1. The van der Waals surface area contributed by atoms with Gasteiger partial charge in [0.1, 0.15) is 0 Å². The largest absolute Gasteiger partial charge is 0.379 e. The van der Waals surface area contributed by atoms with Crippen molar-refractivity contribution in [2.45, 2.75) is 32.2 Å². The molecule has 25 heavy (non-hydrogen) atoms. The van der Waals surface area contributed by atoms with Crippen molar-refractivity contribution in [1.82, 2.24) is 10.2 Å². The number of hydrogen-bond donors (Lipinski definition) is 1. The van der Waals surface area contributed by atoms with E-state index < -0.39 is 0 Å². The molecule has 6 heteroatoms. The first kappa shape index (κ1) is 18.5. The van der Waals surface area contributed by atoms with Crippen molar-refractivity contribution >= 4 is 23.2 Å². The van der Waals surface area contributed by atoms with Gasteiger partial charge in [0.2, 0.25) is 0 Å². The quantitative estimate of drug-likeness (QED) is 0.871. The maximum atomic E-state index is 12.6. The molecule has 2 aliphatic heterocycles. The van der Waals surface area contributed by atoms with Gasteiger partial charge in [0.25, 0.3) is 5.91 Å².